The van der Waals surface area contributed by atoms with Gasteiger partial charge in [-0.15, -0.1) is 0 Å². The van der Waals surface area contributed by atoms with Crippen molar-refractivity contribution < 1.29 is 18.3 Å². The normalized spacial score (nSPS) is 26.0. The first kappa shape index (κ1) is 14.8. The minimum Gasteiger partial charge on any atom is -0.490 e. The molecule has 2 aliphatic rings. The SMILES string of the molecule is O=S(=O)(NC1CC1CO)c1ccc(OC2CCCC2)cc1. The van der Waals surface area contributed by atoms with Gasteiger partial charge in [0.2, 0.25) is 10.0 Å². The zero-order chi connectivity index (χ0) is 14.9. The monoisotopic (exact) mass is 311 g/mol. The number of aliphatic hydroxyl groups is 1. The van der Waals surface area contributed by atoms with Crippen molar-refractivity contribution in [3.63, 3.8) is 0 Å². The Morgan fingerprint density at radius 2 is 1.86 bits per heavy atom. The van der Waals surface area contributed by atoms with Crippen molar-refractivity contribution in [3.05, 3.63) is 24.3 Å². The highest BCUT2D eigenvalue weighted by Crippen LogP contribution is 2.31. The van der Waals surface area contributed by atoms with Crippen LogP contribution in [0.3, 0.4) is 0 Å². The summed E-state index contributed by atoms with van der Waals surface area (Å²) in [6.45, 7) is 0.0291. The molecule has 0 saturated heterocycles. The summed E-state index contributed by atoms with van der Waals surface area (Å²) in [6.07, 6.45) is 5.53. The minimum atomic E-state index is -3.50. The van der Waals surface area contributed by atoms with Crippen molar-refractivity contribution in [2.75, 3.05) is 6.61 Å². The Hall–Kier alpha value is -1.11. The molecule has 0 spiro atoms. The van der Waals surface area contributed by atoms with Crippen molar-refractivity contribution in [2.45, 2.75) is 49.1 Å². The summed E-state index contributed by atoms with van der Waals surface area (Å²) in [4.78, 5) is 0.241. The maximum Gasteiger partial charge on any atom is 0.240 e. The van der Waals surface area contributed by atoms with Crippen LogP contribution in [0.5, 0.6) is 5.75 Å². The largest absolute Gasteiger partial charge is 0.490 e. The van der Waals surface area contributed by atoms with Crippen LogP contribution in [0.15, 0.2) is 29.2 Å². The summed E-state index contributed by atoms with van der Waals surface area (Å²) < 4.78 is 32.8. The molecule has 2 aliphatic carbocycles. The van der Waals surface area contributed by atoms with Gasteiger partial charge in [0.05, 0.1) is 11.0 Å². The lowest BCUT2D eigenvalue weighted by Crippen LogP contribution is -2.27. The van der Waals surface area contributed by atoms with Crippen LogP contribution < -0.4 is 9.46 Å². The summed E-state index contributed by atoms with van der Waals surface area (Å²) in [5.41, 5.74) is 0. The van der Waals surface area contributed by atoms with Crippen molar-refractivity contribution in [2.24, 2.45) is 5.92 Å². The quantitative estimate of drug-likeness (QED) is 0.838. The highest BCUT2D eigenvalue weighted by molar-refractivity contribution is 7.89. The van der Waals surface area contributed by atoms with Crippen LogP contribution in [0.25, 0.3) is 0 Å². The van der Waals surface area contributed by atoms with E-state index in [2.05, 4.69) is 4.72 Å². The van der Waals surface area contributed by atoms with Gasteiger partial charge in [0.25, 0.3) is 0 Å². The van der Waals surface area contributed by atoms with E-state index in [1.54, 1.807) is 24.3 Å². The van der Waals surface area contributed by atoms with Gasteiger partial charge in [0.1, 0.15) is 5.75 Å². The van der Waals surface area contributed by atoms with Crippen molar-refractivity contribution in [1.29, 1.82) is 0 Å². The van der Waals surface area contributed by atoms with E-state index in [1.807, 2.05) is 0 Å². The Labute approximate surface area is 125 Å². The Morgan fingerprint density at radius 1 is 1.19 bits per heavy atom. The molecule has 0 radical (unpaired) electrons. The number of benzene rings is 1. The molecule has 1 aromatic rings. The van der Waals surface area contributed by atoms with Crippen LogP contribution in [0.4, 0.5) is 0 Å². The first-order chi connectivity index (χ1) is 10.1. The number of nitrogens with one attached hydrogen (secondary N) is 1. The summed E-state index contributed by atoms with van der Waals surface area (Å²) in [6, 6.07) is 6.44. The van der Waals surface area contributed by atoms with E-state index < -0.39 is 10.0 Å². The molecule has 0 heterocycles. The van der Waals surface area contributed by atoms with Crippen LogP contribution in [-0.4, -0.2) is 32.3 Å². The number of hydrogen-bond donors (Lipinski definition) is 2. The van der Waals surface area contributed by atoms with E-state index in [-0.39, 0.29) is 29.6 Å². The Kier molecular flexibility index (Phi) is 4.19. The molecule has 3 rings (SSSR count). The maximum absolute atomic E-state index is 12.2. The van der Waals surface area contributed by atoms with E-state index in [1.165, 1.54) is 12.8 Å². The van der Waals surface area contributed by atoms with Gasteiger partial charge < -0.3 is 9.84 Å². The molecule has 0 amide bonds. The molecule has 1 aromatic carbocycles. The third kappa shape index (κ3) is 3.56. The lowest BCUT2D eigenvalue weighted by Gasteiger charge is -2.13. The third-order valence-electron chi connectivity index (χ3n) is 4.20. The molecule has 0 aromatic heterocycles. The highest BCUT2D eigenvalue weighted by atomic mass is 32.2. The van der Waals surface area contributed by atoms with Gasteiger partial charge in [-0.2, -0.15) is 0 Å². The second-order valence-corrected chi connectivity index (χ2v) is 7.62. The maximum atomic E-state index is 12.2. The lowest BCUT2D eigenvalue weighted by molar-refractivity contribution is 0.210. The van der Waals surface area contributed by atoms with Gasteiger partial charge in [-0.3, -0.25) is 0 Å². The van der Waals surface area contributed by atoms with Gasteiger partial charge in [0, 0.05) is 12.6 Å². The molecule has 2 saturated carbocycles. The van der Waals surface area contributed by atoms with Crippen LogP contribution in [0, 0.1) is 5.92 Å². The number of sulfonamides is 1. The summed E-state index contributed by atoms with van der Waals surface area (Å²) in [5.74, 6) is 0.783. The second-order valence-electron chi connectivity index (χ2n) is 5.90. The van der Waals surface area contributed by atoms with E-state index >= 15 is 0 Å². The fourth-order valence-corrected chi connectivity index (χ4v) is 4.07. The average Bonchev–Trinajstić information content (AvgIpc) is 2.99. The average molecular weight is 311 g/mol. The predicted octanol–water partition coefficient (Wildman–Crippen LogP) is 1.67. The smallest absolute Gasteiger partial charge is 0.240 e. The number of ether oxygens (including phenoxy) is 1. The Bertz CT molecular complexity index is 578. The molecule has 21 heavy (non-hydrogen) atoms. The van der Waals surface area contributed by atoms with E-state index in [4.69, 9.17) is 9.84 Å². The van der Waals surface area contributed by atoms with Gasteiger partial charge in [-0.1, -0.05) is 0 Å². The Morgan fingerprint density at radius 3 is 2.43 bits per heavy atom. The van der Waals surface area contributed by atoms with Gasteiger partial charge in [-0.25, -0.2) is 13.1 Å². The van der Waals surface area contributed by atoms with Crippen molar-refractivity contribution in [1.82, 2.24) is 4.72 Å². The molecule has 0 bridgehead atoms. The summed E-state index contributed by atoms with van der Waals surface area (Å²) in [7, 11) is -3.50. The van der Waals surface area contributed by atoms with Crippen molar-refractivity contribution >= 4 is 10.0 Å². The van der Waals surface area contributed by atoms with Crippen LogP contribution in [-0.2, 0) is 10.0 Å². The topological polar surface area (TPSA) is 75.6 Å². The van der Waals surface area contributed by atoms with E-state index in [0.717, 1.165) is 18.6 Å². The molecule has 0 aliphatic heterocycles. The molecule has 5 nitrogen and oxygen atoms in total. The lowest BCUT2D eigenvalue weighted by atomic mass is 10.3. The highest BCUT2D eigenvalue weighted by Gasteiger charge is 2.39. The second kappa shape index (κ2) is 5.94. The number of rotatable bonds is 6. The molecule has 2 fully saturated rings. The Balaban J connectivity index is 1.62. The fourth-order valence-electron chi connectivity index (χ4n) is 2.76. The van der Waals surface area contributed by atoms with Crippen molar-refractivity contribution in [3.8, 4) is 5.75 Å². The van der Waals surface area contributed by atoms with E-state index in [0.29, 0.717) is 6.42 Å². The van der Waals surface area contributed by atoms with Gasteiger partial charge in [0.15, 0.2) is 0 Å². The summed E-state index contributed by atoms with van der Waals surface area (Å²) >= 11 is 0. The first-order valence-electron chi connectivity index (χ1n) is 7.48. The fraction of sp³-hybridized carbons (Fsp3) is 0.600. The van der Waals surface area contributed by atoms with Gasteiger partial charge in [-0.05, 0) is 62.3 Å². The van der Waals surface area contributed by atoms with E-state index in [9.17, 15) is 8.42 Å². The molecule has 6 heteroatoms. The molecule has 116 valence electrons. The third-order valence-corrected chi connectivity index (χ3v) is 5.71. The molecular formula is C15H21NO4S. The summed E-state index contributed by atoms with van der Waals surface area (Å²) in [5, 5.41) is 8.96. The molecule has 2 unspecified atom stereocenters. The van der Waals surface area contributed by atoms with Gasteiger partial charge >= 0.3 is 0 Å². The number of aliphatic hydroxyl groups excluding tert-OH is 1. The standard InChI is InChI=1S/C15H21NO4S/c17-10-11-9-15(11)16-21(18,19)14-7-5-13(6-8-14)20-12-3-1-2-4-12/h5-8,11-12,15-17H,1-4,9-10H2. The van der Waals surface area contributed by atoms with Crippen LogP contribution >= 0.6 is 0 Å². The minimum absolute atomic E-state index is 0.0291. The molecule has 2 atom stereocenters. The molecule has 2 N–H and O–H groups in total. The zero-order valence-electron chi connectivity index (χ0n) is 11.9. The van der Waals surface area contributed by atoms with Crippen LogP contribution in [0.2, 0.25) is 0 Å². The number of hydrogen-bond acceptors (Lipinski definition) is 4. The van der Waals surface area contributed by atoms with Crippen LogP contribution in [0.1, 0.15) is 32.1 Å². The first-order valence-corrected chi connectivity index (χ1v) is 8.97. The zero-order valence-corrected chi connectivity index (χ0v) is 12.7. The molecular weight excluding hydrogens is 290 g/mol. The predicted molar refractivity (Wildman–Crippen MR) is 78.6 cm³/mol.